The molecule has 3 N–H and O–H groups in total. The minimum Gasteiger partial charge on any atom is -0.507 e. The van der Waals surface area contributed by atoms with Crippen molar-refractivity contribution in [1.29, 1.82) is 0 Å². The predicted molar refractivity (Wildman–Crippen MR) is 83.5 cm³/mol. The zero-order valence-corrected chi connectivity index (χ0v) is 11.7. The van der Waals surface area contributed by atoms with Crippen LogP contribution < -0.4 is 10.7 Å². The van der Waals surface area contributed by atoms with Crippen LogP contribution in [0.4, 0.5) is 5.69 Å². The average molecular weight is 283 g/mol. The van der Waals surface area contributed by atoms with Crippen LogP contribution in [0.5, 0.6) is 5.75 Å². The number of hydrazone groups is 1. The fourth-order valence-corrected chi connectivity index (χ4v) is 1.75. The third-order valence-corrected chi connectivity index (χ3v) is 2.80. The van der Waals surface area contributed by atoms with Crippen molar-refractivity contribution < 1.29 is 9.90 Å². The first-order chi connectivity index (χ1) is 10.1. The van der Waals surface area contributed by atoms with E-state index in [1.165, 1.54) is 6.21 Å². The second-order valence-electron chi connectivity index (χ2n) is 4.58. The maximum Gasteiger partial charge on any atom is 0.259 e. The van der Waals surface area contributed by atoms with Gasteiger partial charge in [0.05, 0.1) is 12.8 Å². The molecule has 0 radical (unpaired) electrons. The zero-order chi connectivity index (χ0) is 15.1. The standard InChI is InChI=1S/C16H17N3O2/c1-12-5-4-7-14(9-12)17-11-16(21)19-18-10-13-6-2-3-8-15(13)20/h2-10,17,20H,11H2,1H3,(H,19,21)/b18-10-. The summed E-state index contributed by atoms with van der Waals surface area (Å²) in [5.74, 6) is -0.142. The molecule has 0 aliphatic carbocycles. The zero-order valence-electron chi connectivity index (χ0n) is 11.7. The Morgan fingerprint density at radius 1 is 1.24 bits per heavy atom. The van der Waals surface area contributed by atoms with Gasteiger partial charge in [0, 0.05) is 11.3 Å². The molecule has 0 saturated heterocycles. The number of benzene rings is 2. The first-order valence-corrected chi connectivity index (χ1v) is 6.55. The molecule has 0 unspecified atom stereocenters. The molecule has 0 aliphatic heterocycles. The number of hydrogen-bond acceptors (Lipinski definition) is 4. The number of para-hydroxylation sites is 1. The van der Waals surface area contributed by atoms with Gasteiger partial charge in [0.2, 0.25) is 0 Å². The lowest BCUT2D eigenvalue weighted by molar-refractivity contribution is -0.119. The van der Waals surface area contributed by atoms with Crippen LogP contribution >= 0.6 is 0 Å². The van der Waals surface area contributed by atoms with E-state index in [0.29, 0.717) is 5.56 Å². The van der Waals surface area contributed by atoms with Crippen molar-refractivity contribution in [3.63, 3.8) is 0 Å². The second-order valence-corrected chi connectivity index (χ2v) is 4.58. The molecule has 2 aromatic carbocycles. The summed E-state index contributed by atoms with van der Waals surface area (Å²) in [6.45, 7) is 2.11. The number of aryl methyl sites for hydroxylation is 1. The highest BCUT2D eigenvalue weighted by molar-refractivity contribution is 5.86. The number of amides is 1. The fourth-order valence-electron chi connectivity index (χ4n) is 1.75. The maximum absolute atomic E-state index is 11.6. The monoisotopic (exact) mass is 283 g/mol. The summed E-state index contributed by atoms with van der Waals surface area (Å²) in [4.78, 5) is 11.6. The van der Waals surface area contributed by atoms with E-state index < -0.39 is 0 Å². The van der Waals surface area contributed by atoms with E-state index in [4.69, 9.17) is 0 Å². The van der Waals surface area contributed by atoms with Gasteiger partial charge in [0.15, 0.2) is 0 Å². The van der Waals surface area contributed by atoms with E-state index in [-0.39, 0.29) is 18.2 Å². The smallest absolute Gasteiger partial charge is 0.259 e. The molecule has 0 aromatic heterocycles. The van der Waals surface area contributed by atoms with E-state index in [9.17, 15) is 9.90 Å². The van der Waals surface area contributed by atoms with Crippen LogP contribution in [-0.2, 0) is 4.79 Å². The number of carbonyl (C=O) groups excluding carboxylic acids is 1. The summed E-state index contributed by atoms with van der Waals surface area (Å²) in [5, 5.41) is 16.4. The number of phenolic OH excluding ortho intramolecular Hbond substituents is 1. The van der Waals surface area contributed by atoms with E-state index in [1.807, 2.05) is 31.2 Å². The molecule has 0 atom stereocenters. The summed E-state index contributed by atoms with van der Waals surface area (Å²) in [5.41, 5.74) is 4.95. The predicted octanol–water partition coefficient (Wildman–Crippen LogP) is 2.26. The van der Waals surface area contributed by atoms with Crippen LogP contribution in [0, 0.1) is 6.92 Å². The van der Waals surface area contributed by atoms with Crippen LogP contribution in [0.25, 0.3) is 0 Å². The van der Waals surface area contributed by atoms with Crippen molar-refractivity contribution in [1.82, 2.24) is 5.43 Å². The van der Waals surface area contributed by atoms with Gasteiger partial charge in [-0.25, -0.2) is 5.43 Å². The van der Waals surface area contributed by atoms with E-state index >= 15 is 0 Å². The Morgan fingerprint density at radius 2 is 2.05 bits per heavy atom. The molecule has 0 spiro atoms. The lowest BCUT2D eigenvalue weighted by atomic mass is 10.2. The number of aromatic hydroxyl groups is 1. The molecule has 0 fully saturated rings. The summed E-state index contributed by atoms with van der Waals surface area (Å²) in [6, 6.07) is 14.5. The highest BCUT2D eigenvalue weighted by Crippen LogP contribution is 2.12. The lowest BCUT2D eigenvalue weighted by Crippen LogP contribution is -2.25. The van der Waals surface area contributed by atoms with Crippen molar-refractivity contribution >= 4 is 17.8 Å². The molecule has 5 heteroatoms. The molecule has 1 amide bonds. The van der Waals surface area contributed by atoms with Crippen LogP contribution in [0.2, 0.25) is 0 Å². The lowest BCUT2D eigenvalue weighted by Gasteiger charge is -2.05. The average Bonchev–Trinajstić information content (AvgIpc) is 2.47. The van der Waals surface area contributed by atoms with E-state index in [0.717, 1.165) is 11.3 Å². The van der Waals surface area contributed by atoms with E-state index in [1.54, 1.807) is 24.3 Å². The van der Waals surface area contributed by atoms with Gasteiger partial charge in [-0.1, -0.05) is 24.3 Å². The van der Waals surface area contributed by atoms with Gasteiger partial charge < -0.3 is 10.4 Å². The summed E-state index contributed by atoms with van der Waals surface area (Å²) in [6.07, 6.45) is 1.40. The second kappa shape index (κ2) is 7.09. The van der Waals surface area contributed by atoms with Gasteiger partial charge in [-0.15, -0.1) is 0 Å². The van der Waals surface area contributed by atoms with Crippen molar-refractivity contribution in [2.24, 2.45) is 5.10 Å². The SMILES string of the molecule is Cc1cccc(NCC(=O)N/N=C\c2ccccc2O)c1. The van der Waals surface area contributed by atoms with Gasteiger partial charge in [-0.3, -0.25) is 4.79 Å². The van der Waals surface area contributed by atoms with Crippen molar-refractivity contribution in [3.05, 3.63) is 59.7 Å². The third kappa shape index (κ3) is 4.65. The van der Waals surface area contributed by atoms with Crippen LogP contribution in [0.3, 0.4) is 0 Å². The van der Waals surface area contributed by atoms with Gasteiger partial charge in [0.25, 0.3) is 5.91 Å². The highest BCUT2D eigenvalue weighted by Gasteiger charge is 2.00. The van der Waals surface area contributed by atoms with Crippen LogP contribution in [0.15, 0.2) is 53.6 Å². The Hall–Kier alpha value is -2.82. The van der Waals surface area contributed by atoms with Gasteiger partial charge >= 0.3 is 0 Å². The third-order valence-electron chi connectivity index (χ3n) is 2.80. The first kappa shape index (κ1) is 14.6. The molecule has 108 valence electrons. The summed E-state index contributed by atoms with van der Waals surface area (Å²) in [7, 11) is 0. The van der Waals surface area contributed by atoms with Crippen LogP contribution in [0.1, 0.15) is 11.1 Å². The molecule has 0 heterocycles. The van der Waals surface area contributed by atoms with Crippen molar-refractivity contribution in [2.45, 2.75) is 6.92 Å². The Balaban J connectivity index is 1.81. The largest absolute Gasteiger partial charge is 0.507 e. The minimum absolute atomic E-state index is 0.119. The molecule has 0 bridgehead atoms. The van der Waals surface area contributed by atoms with Gasteiger partial charge in [0.1, 0.15) is 5.75 Å². The molecule has 5 nitrogen and oxygen atoms in total. The Kier molecular flexibility index (Phi) is 4.93. The van der Waals surface area contributed by atoms with Gasteiger partial charge in [-0.2, -0.15) is 5.10 Å². The first-order valence-electron chi connectivity index (χ1n) is 6.55. The molecule has 0 aliphatic rings. The molecule has 21 heavy (non-hydrogen) atoms. The van der Waals surface area contributed by atoms with E-state index in [2.05, 4.69) is 15.8 Å². The maximum atomic E-state index is 11.6. The topological polar surface area (TPSA) is 73.7 Å². The van der Waals surface area contributed by atoms with Crippen molar-refractivity contribution in [2.75, 3.05) is 11.9 Å². The number of hydrogen-bond donors (Lipinski definition) is 3. The molecule has 2 rings (SSSR count). The summed E-state index contributed by atoms with van der Waals surface area (Å²) < 4.78 is 0. The normalized spacial score (nSPS) is 10.5. The number of anilines is 1. The number of phenols is 1. The quantitative estimate of drug-likeness (QED) is 0.582. The van der Waals surface area contributed by atoms with Gasteiger partial charge in [-0.05, 0) is 36.8 Å². The number of carbonyl (C=O) groups is 1. The highest BCUT2D eigenvalue weighted by atomic mass is 16.3. The van der Waals surface area contributed by atoms with Crippen molar-refractivity contribution in [3.8, 4) is 5.75 Å². The number of nitrogens with one attached hydrogen (secondary N) is 2. The minimum atomic E-state index is -0.261. The molecular formula is C16H17N3O2. The van der Waals surface area contributed by atoms with Crippen LogP contribution in [-0.4, -0.2) is 23.8 Å². The molecule has 2 aromatic rings. The molecule has 0 saturated carbocycles. The molecular weight excluding hydrogens is 266 g/mol. The Morgan fingerprint density at radius 3 is 2.81 bits per heavy atom. The Bertz CT molecular complexity index is 653. The fraction of sp³-hybridized carbons (Fsp3) is 0.125. The summed E-state index contributed by atoms with van der Waals surface area (Å²) >= 11 is 0. The number of rotatable bonds is 5. The number of nitrogens with zero attached hydrogens (tertiary/aromatic N) is 1. The Labute approximate surface area is 123 Å².